The molecule has 0 saturated heterocycles. The van der Waals surface area contributed by atoms with Crippen LogP contribution in [0, 0.1) is 0 Å². The summed E-state index contributed by atoms with van der Waals surface area (Å²) < 4.78 is 40.1. The van der Waals surface area contributed by atoms with Crippen LogP contribution >= 0.6 is 27.5 Å². The molecule has 0 heterocycles. The standard InChI is InChI=1S/C14H9BrClF3O/c15-8-10-2-1-3-12(16)13(10)9-4-6-11(7-5-9)20-14(17,18)19/h1-7H,8H2. The van der Waals surface area contributed by atoms with Crippen molar-refractivity contribution in [3.8, 4) is 16.9 Å². The van der Waals surface area contributed by atoms with E-state index in [2.05, 4.69) is 20.7 Å². The quantitative estimate of drug-likeness (QED) is 0.625. The predicted molar refractivity (Wildman–Crippen MR) is 76.2 cm³/mol. The van der Waals surface area contributed by atoms with Gasteiger partial charge in [0.15, 0.2) is 0 Å². The summed E-state index contributed by atoms with van der Waals surface area (Å²) in [7, 11) is 0. The summed E-state index contributed by atoms with van der Waals surface area (Å²) in [5.41, 5.74) is 2.49. The van der Waals surface area contributed by atoms with Crippen molar-refractivity contribution in [2.75, 3.05) is 0 Å². The molecule has 0 bridgehead atoms. The van der Waals surface area contributed by atoms with Crippen LogP contribution in [-0.2, 0) is 5.33 Å². The van der Waals surface area contributed by atoms with Crippen LogP contribution in [0.2, 0.25) is 5.02 Å². The van der Waals surface area contributed by atoms with Gasteiger partial charge in [-0.1, -0.05) is 51.8 Å². The van der Waals surface area contributed by atoms with Crippen molar-refractivity contribution in [3.63, 3.8) is 0 Å². The summed E-state index contributed by atoms with van der Waals surface area (Å²) in [6.45, 7) is 0. The normalized spacial score (nSPS) is 11.4. The van der Waals surface area contributed by atoms with Gasteiger partial charge in [-0.25, -0.2) is 0 Å². The molecular formula is C14H9BrClF3O. The number of halogens is 5. The third-order valence-corrected chi connectivity index (χ3v) is 3.54. The van der Waals surface area contributed by atoms with E-state index in [1.54, 1.807) is 18.2 Å². The first-order valence-electron chi connectivity index (χ1n) is 5.60. The molecule has 0 amide bonds. The van der Waals surface area contributed by atoms with Crippen molar-refractivity contribution >= 4 is 27.5 Å². The summed E-state index contributed by atoms with van der Waals surface area (Å²) in [5, 5.41) is 1.15. The molecule has 0 saturated carbocycles. The lowest BCUT2D eigenvalue weighted by atomic mass is 10.0. The monoisotopic (exact) mass is 364 g/mol. The molecule has 0 aliphatic rings. The molecule has 0 spiro atoms. The number of alkyl halides is 4. The minimum Gasteiger partial charge on any atom is -0.406 e. The molecule has 20 heavy (non-hydrogen) atoms. The zero-order valence-corrected chi connectivity index (χ0v) is 12.4. The fourth-order valence-corrected chi connectivity index (χ4v) is 2.60. The second-order valence-electron chi connectivity index (χ2n) is 3.98. The molecule has 0 atom stereocenters. The van der Waals surface area contributed by atoms with Crippen LogP contribution in [-0.4, -0.2) is 6.36 Å². The van der Waals surface area contributed by atoms with Gasteiger partial charge < -0.3 is 4.74 Å². The Bertz CT molecular complexity index is 596. The fraction of sp³-hybridized carbons (Fsp3) is 0.143. The second-order valence-corrected chi connectivity index (χ2v) is 4.95. The molecule has 0 aliphatic heterocycles. The Labute approximate surface area is 127 Å². The van der Waals surface area contributed by atoms with Gasteiger partial charge in [-0.05, 0) is 29.3 Å². The largest absolute Gasteiger partial charge is 0.573 e. The van der Waals surface area contributed by atoms with E-state index in [0.717, 1.165) is 16.7 Å². The minimum atomic E-state index is -4.69. The molecule has 0 N–H and O–H groups in total. The average molecular weight is 366 g/mol. The van der Waals surface area contributed by atoms with E-state index in [-0.39, 0.29) is 5.75 Å². The van der Waals surface area contributed by atoms with Gasteiger partial charge in [-0.15, -0.1) is 13.2 Å². The number of ether oxygens (including phenoxy) is 1. The molecule has 2 aromatic carbocycles. The van der Waals surface area contributed by atoms with E-state index in [1.807, 2.05) is 12.1 Å². The predicted octanol–water partition coefficient (Wildman–Crippen LogP) is 5.80. The number of rotatable bonds is 3. The van der Waals surface area contributed by atoms with Gasteiger partial charge in [0.25, 0.3) is 0 Å². The summed E-state index contributed by atoms with van der Waals surface area (Å²) in [6, 6.07) is 11.1. The van der Waals surface area contributed by atoms with E-state index in [1.165, 1.54) is 12.1 Å². The average Bonchev–Trinajstić information content (AvgIpc) is 2.38. The van der Waals surface area contributed by atoms with E-state index < -0.39 is 6.36 Å². The van der Waals surface area contributed by atoms with Crippen LogP contribution in [0.25, 0.3) is 11.1 Å². The summed E-state index contributed by atoms with van der Waals surface area (Å²) >= 11 is 9.52. The smallest absolute Gasteiger partial charge is 0.406 e. The lowest BCUT2D eigenvalue weighted by molar-refractivity contribution is -0.274. The van der Waals surface area contributed by atoms with Crippen molar-refractivity contribution in [1.29, 1.82) is 0 Å². The Balaban J connectivity index is 2.36. The molecule has 0 aliphatic carbocycles. The van der Waals surface area contributed by atoms with Gasteiger partial charge in [-0.3, -0.25) is 0 Å². The Kier molecular flexibility index (Phi) is 4.60. The Hall–Kier alpha value is -1.20. The first kappa shape index (κ1) is 15.2. The van der Waals surface area contributed by atoms with Crippen molar-refractivity contribution < 1.29 is 17.9 Å². The molecule has 106 valence electrons. The Morgan fingerprint density at radius 1 is 1.05 bits per heavy atom. The number of hydrogen-bond acceptors (Lipinski definition) is 1. The highest BCUT2D eigenvalue weighted by atomic mass is 79.9. The first-order valence-corrected chi connectivity index (χ1v) is 7.10. The van der Waals surface area contributed by atoms with Crippen molar-refractivity contribution in [3.05, 3.63) is 53.1 Å². The first-order chi connectivity index (χ1) is 9.40. The number of hydrogen-bond donors (Lipinski definition) is 0. The van der Waals surface area contributed by atoms with Crippen LogP contribution in [0.4, 0.5) is 13.2 Å². The van der Waals surface area contributed by atoms with Gasteiger partial charge in [-0.2, -0.15) is 0 Å². The molecular weight excluding hydrogens is 357 g/mol. The van der Waals surface area contributed by atoms with Crippen LogP contribution in [0.3, 0.4) is 0 Å². The fourth-order valence-electron chi connectivity index (χ4n) is 1.83. The molecule has 6 heteroatoms. The molecule has 0 fully saturated rings. The molecule has 2 rings (SSSR count). The Morgan fingerprint density at radius 3 is 2.25 bits per heavy atom. The maximum atomic E-state index is 12.1. The number of benzene rings is 2. The van der Waals surface area contributed by atoms with Gasteiger partial charge >= 0.3 is 6.36 Å². The van der Waals surface area contributed by atoms with Crippen LogP contribution in [0.15, 0.2) is 42.5 Å². The molecule has 2 aromatic rings. The van der Waals surface area contributed by atoms with Crippen LogP contribution in [0.5, 0.6) is 5.75 Å². The SMILES string of the molecule is FC(F)(F)Oc1ccc(-c2c(Cl)cccc2CBr)cc1. The van der Waals surface area contributed by atoms with E-state index in [9.17, 15) is 13.2 Å². The van der Waals surface area contributed by atoms with Gasteiger partial charge in [0, 0.05) is 15.9 Å². The van der Waals surface area contributed by atoms with Crippen molar-refractivity contribution in [2.24, 2.45) is 0 Å². The maximum absolute atomic E-state index is 12.1. The third kappa shape index (κ3) is 3.67. The lowest BCUT2D eigenvalue weighted by Crippen LogP contribution is -2.16. The third-order valence-electron chi connectivity index (χ3n) is 2.62. The topological polar surface area (TPSA) is 9.23 Å². The minimum absolute atomic E-state index is 0.256. The Morgan fingerprint density at radius 2 is 1.70 bits per heavy atom. The molecule has 1 nitrogen and oxygen atoms in total. The summed E-state index contributed by atoms with van der Waals surface area (Å²) in [4.78, 5) is 0. The van der Waals surface area contributed by atoms with Crippen molar-refractivity contribution in [1.82, 2.24) is 0 Å². The van der Waals surface area contributed by atoms with Crippen LogP contribution < -0.4 is 4.74 Å². The molecule has 0 aromatic heterocycles. The molecule has 0 unspecified atom stereocenters. The van der Waals surface area contributed by atoms with Gasteiger partial charge in [0.1, 0.15) is 5.75 Å². The summed E-state index contributed by atoms with van der Waals surface area (Å²) in [6.07, 6.45) is -4.69. The summed E-state index contributed by atoms with van der Waals surface area (Å²) in [5.74, 6) is -0.256. The van der Waals surface area contributed by atoms with Gasteiger partial charge in [0.2, 0.25) is 0 Å². The van der Waals surface area contributed by atoms with Crippen LogP contribution in [0.1, 0.15) is 5.56 Å². The highest BCUT2D eigenvalue weighted by Gasteiger charge is 2.31. The second kappa shape index (κ2) is 6.06. The van der Waals surface area contributed by atoms with Crippen molar-refractivity contribution in [2.45, 2.75) is 11.7 Å². The maximum Gasteiger partial charge on any atom is 0.573 e. The highest BCUT2D eigenvalue weighted by molar-refractivity contribution is 9.08. The van der Waals surface area contributed by atoms with E-state index in [4.69, 9.17) is 11.6 Å². The highest BCUT2D eigenvalue weighted by Crippen LogP contribution is 2.34. The van der Waals surface area contributed by atoms with E-state index >= 15 is 0 Å². The zero-order valence-electron chi connectivity index (χ0n) is 10.0. The zero-order chi connectivity index (χ0) is 14.8. The lowest BCUT2D eigenvalue weighted by Gasteiger charge is -2.12. The van der Waals surface area contributed by atoms with E-state index in [0.29, 0.717) is 10.4 Å². The van der Waals surface area contributed by atoms with Gasteiger partial charge in [0.05, 0.1) is 0 Å². The molecule has 0 radical (unpaired) electrons.